The molecule has 2 nitrogen and oxygen atoms in total. The Bertz CT molecular complexity index is 645. The first-order chi connectivity index (χ1) is 10.9. The summed E-state index contributed by atoms with van der Waals surface area (Å²) in [4.78, 5) is 8.92. The summed E-state index contributed by atoms with van der Waals surface area (Å²) in [7, 11) is 0. The van der Waals surface area contributed by atoms with E-state index < -0.39 is 11.9 Å². The molecular formula is C16H16ClF3N2S. The Morgan fingerprint density at radius 1 is 1.13 bits per heavy atom. The van der Waals surface area contributed by atoms with E-state index in [1.54, 1.807) is 17.8 Å². The minimum atomic E-state index is -4.39. The van der Waals surface area contributed by atoms with Crippen LogP contribution in [0.5, 0.6) is 0 Å². The normalized spacial score (nSPS) is 11.7. The molecule has 0 aliphatic rings. The van der Waals surface area contributed by atoms with E-state index in [1.807, 2.05) is 6.07 Å². The summed E-state index contributed by atoms with van der Waals surface area (Å²) in [6.45, 7) is 2.07. The van der Waals surface area contributed by atoms with Gasteiger partial charge in [-0.3, -0.25) is 4.98 Å². The van der Waals surface area contributed by atoms with Gasteiger partial charge in [0.1, 0.15) is 10.8 Å². The van der Waals surface area contributed by atoms with Crippen LogP contribution in [0.25, 0.3) is 0 Å². The fraction of sp³-hybridized carbons (Fsp3) is 0.375. The van der Waals surface area contributed by atoms with Crippen LogP contribution < -0.4 is 0 Å². The van der Waals surface area contributed by atoms with E-state index in [4.69, 9.17) is 11.6 Å². The van der Waals surface area contributed by atoms with Crippen LogP contribution in [0.3, 0.4) is 0 Å². The van der Waals surface area contributed by atoms with E-state index in [2.05, 4.69) is 16.9 Å². The summed E-state index contributed by atoms with van der Waals surface area (Å²) in [5.74, 6) is 0.944. The number of rotatable bonds is 6. The molecule has 0 unspecified atom stereocenters. The zero-order valence-corrected chi connectivity index (χ0v) is 14.1. The van der Waals surface area contributed by atoms with Gasteiger partial charge in [-0.15, -0.1) is 11.8 Å². The van der Waals surface area contributed by atoms with Gasteiger partial charge in [0.05, 0.1) is 5.69 Å². The molecule has 0 fully saturated rings. The van der Waals surface area contributed by atoms with E-state index in [-0.39, 0.29) is 0 Å². The van der Waals surface area contributed by atoms with Crippen LogP contribution in [-0.2, 0) is 19.0 Å². The quantitative estimate of drug-likeness (QED) is 0.507. The third-order valence-corrected chi connectivity index (χ3v) is 4.37. The van der Waals surface area contributed by atoms with Crippen molar-refractivity contribution in [1.29, 1.82) is 0 Å². The predicted octanol–water partition coefficient (Wildman–Crippen LogP) is 5.44. The zero-order chi connectivity index (χ0) is 16.9. The maximum absolute atomic E-state index is 12.5. The molecule has 2 aromatic rings. The van der Waals surface area contributed by atoms with Crippen LogP contribution in [0.4, 0.5) is 13.2 Å². The van der Waals surface area contributed by atoms with Crippen LogP contribution in [0.2, 0.25) is 5.15 Å². The Hall–Kier alpha value is -1.27. The number of nitrogens with zero attached hydrogens (tertiary/aromatic N) is 2. The monoisotopic (exact) mass is 360 g/mol. The van der Waals surface area contributed by atoms with Crippen molar-refractivity contribution >= 4 is 23.4 Å². The summed E-state index contributed by atoms with van der Waals surface area (Å²) in [6, 6.07) is 6.22. The van der Waals surface area contributed by atoms with Crippen molar-refractivity contribution in [2.24, 2.45) is 0 Å². The number of hydrogen-bond acceptors (Lipinski definition) is 3. The molecule has 0 saturated carbocycles. The van der Waals surface area contributed by atoms with Crippen molar-refractivity contribution in [3.63, 3.8) is 0 Å². The summed E-state index contributed by atoms with van der Waals surface area (Å²) in [5, 5.41) is 0.455. The molecule has 0 N–H and O–H groups in total. The second-order valence-corrected chi connectivity index (χ2v) is 6.61. The second-order valence-electron chi connectivity index (χ2n) is 4.91. The van der Waals surface area contributed by atoms with Crippen LogP contribution in [0.1, 0.15) is 30.3 Å². The van der Waals surface area contributed by atoms with E-state index >= 15 is 0 Å². The lowest BCUT2D eigenvalue weighted by Crippen LogP contribution is -2.07. The highest BCUT2D eigenvalue weighted by molar-refractivity contribution is 7.99. The fourth-order valence-corrected chi connectivity index (χ4v) is 3.08. The number of hydrogen-bond donors (Lipinski definition) is 0. The average Bonchev–Trinajstić information content (AvgIpc) is 2.50. The molecule has 2 rings (SSSR count). The van der Waals surface area contributed by atoms with Gasteiger partial charge >= 0.3 is 6.18 Å². The van der Waals surface area contributed by atoms with E-state index in [1.165, 1.54) is 12.3 Å². The highest BCUT2D eigenvalue weighted by Gasteiger charge is 2.31. The Morgan fingerprint density at radius 3 is 2.52 bits per heavy atom. The van der Waals surface area contributed by atoms with Crippen molar-refractivity contribution in [1.82, 2.24) is 9.97 Å². The van der Waals surface area contributed by atoms with Crippen LogP contribution in [0, 0.1) is 0 Å². The number of aryl methyl sites for hydroxylation is 2. The Labute approximate surface area is 142 Å². The first kappa shape index (κ1) is 18.1. The molecule has 124 valence electrons. The lowest BCUT2D eigenvalue weighted by molar-refractivity contribution is -0.141. The molecule has 0 atom stereocenters. The Morgan fingerprint density at radius 2 is 1.91 bits per heavy atom. The summed E-state index contributed by atoms with van der Waals surface area (Å²) in [5.41, 5.74) is 0.855. The van der Waals surface area contributed by atoms with Crippen molar-refractivity contribution in [3.05, 3.63) is 52.6 Å². The number of alkyl halides is 3. The first-order valence-electron chi connectivity index (χ1n) is 7.20. The van der Waals surface area contributed by atoms with Gasteiger partial charge in [-0.2, -0.15) is 13.2 Å². The molecule has 23 heavy (non-hydrogen) atoms. The fourth-order valence-electron chi connectivity index (χ4n) is 2.13. The van der Waals surface area contributed by atoms with Gasteiger partial charge in [0.25, 0.3) is 0 Å². The summed E-state index contributed by atoms with van der Waals surface area (Å²) < 4.78 is 37.4. The third-order valence-electron chi connectivity index (χ3n) is 3.19. The molecule has 7 heteroatoms. The standard InChI is InChI=1S/C16H16ClF3N2S/c1-2-23-13-7-9-15(17)22-12(13)5-3-4-11-6-8-14(21-10-11)16(18,19)20/h6-10H,2-5H2,1H3. The van der Waals surface area contributed by atoms with E-state index in [9.17, 15) is 13.2 Å². The Balaban J connectivity index is 1.96. The van der Waals surface area contributed by atoms with Gasteiger partial charge in [-0.1, -0.05) is 24.6 Å². The number of thioether (sulfide) groups is 1. The van der Waals surface area contributed by atoms with Crippen molar-refractivity contribution < 1.29 is 13.2 Å². The number of aromatic nitrogens is 2. The molecule has 0 aliphatic carbocycles. The highest BCUT2D eigenvalue weighted by atomic mass is 35.5. The smallest absolute Gasteiger partial charge is 0.252 e. The van der Waals surface area contributed by atoms with Crippen molar-refractivity contribution in [2.45, 2.75) is 37.3 Å². The van der Waals surface area contributed by atoms with Gasteiger partial charge in [0.2, 0.25) is 0 Å². The molecule has 0 bridgehead atoms. The lowest BCUT2D eigenvalue weighted by atomic mass is 10.1. The molecule has 0 saturated heterocycles. The zero-order valence-electron chi connectivity index (χ0n) is 12.5. The van der Waals surface area contributed by atoms with Gasteiger partial charge in [0, 0.05) is 11.1 Å². The Kier molecular flexibility index (Phi) is 6.30. The van der Waals surface area contributed by atoms with E-state index in [0.717, 1.165) is 40.8 Å². The predicted molar refractivity (Wildman–Crippen MR) is 86.9 cm³/mol. The van der Waals surface area contributed by atoms with Crippen LogP contribution in [-0.4, -0.2) is 15.7 Å². The summed E-state index contributed by atoms with van der Waals surface area (Å²) >= 11 is 7.64. The van der Waals surface area contributed by atoms with Crippen molar-refractivity contribution in [3.8, 4) is 0 Å². The molecule has 0 amide bonds. The second kappa shape index (κ2) is 8.02. The first-order valence-corrected chi connectivity index (χ1v) is 8.57. The van der Waals surface area contributed by atoms with E-state index in [0.29, 0.717) is 11.6 Å². The maximum atomic E-state index is 12.5. The molecular weight excluding hydrogens is 345 g/mol. The molecule has 2 aromatic heterocycles. The summed E-state index contributed by atoms with van der Waals surface area (Å²) in [6.07, 6.45) is -0.956. The number of halogens is 4. The molecule has 0 aliphatic heterocycles. The average molecular weight is 361 g/mol. The third kappa shape index (κ3) is 5.39. The van der Waals surface area contributed by atoms with Gasteiger partial charge in [-0.05, 0) is 48.8 Å². The molecule has 2 heterocycles. The molecule has 0 radical (unpaired) electrons. The van der Waals surface area contributed by atoms with Gasteiger partial charge < -0.3 is 0 Å². The molecule has 0 aromatic carbocycles. The highest BCUT2D eigenvalue weighted by Crippen LogP contribution is 2.27. The number of pyridine rings is 2. The maximum Gasteiger partial charge on any atom is 0.433 e. The SMILES string of the molecule is CCSc1ccc(Cl)nc1CCCc1ccc(C(F)(F)F)nc1. The van der Waals surface area contributed by atoms with Crippen LogP contribution in [0.15, 0.2) is 35.4 Å². The molecule has 0 spiro atoms. The topological polar surface area (TPSA) is 25.8 Å². The lowest BCUT2D eigenvalue weighted by Gasteiger charge is -2.09. The largest absolute Gasteiger partial charge is 0.433 e. The minimum absolute atomic E-state index is 0.455. The van der Waals surface area contributed by atoms with Gasteiger partial charge in [0.15, 0.2) is 0 Å². The van der Waals surface area contributed by atoms with Crippen molar-refractivity contribution in [2.75, 3.05) is 5.75 Å². The minimum Gasteiger partial charge on any atom is -0.252 e. The van der Waals surface area contributed by atoms with Crippen LogP contribution >= 0.6 is 23.4 Å². The van der Waals surface area contributed by atoms with Gasteiger partial charge in [-0.25, -0.2) is 4.98 Å².